The summed E-state index contributed by atoms with van der Waals surface area (Å²) in [6.45, 7) is 10.4. The number of H-pyrrole nitrogens is 1. The fourth-order valence-electron chi connectivity index (χ4n) is 5.07. The lowest BCUT2D eigenvalue weighted by Gasteiger charge is -2.31. The Morgan fingerprint density at radius 3 is 1.83 bits per heavy atom. The summed E-state index contributed by atoms with van der Waals surface area (Å²) in [5.74, 6) is 0.949. The summed E-state index contributed by atoms with van der Waals surface area (Å²) >= 11 is 0. The van der Waals surface area contributed by atoms with Crippen LogP contribution in [-0.4, -0.2) is 40.1 Å². The Morgan fingerprint density at radius 2 is 1.37 bits per heavy atom. The summed E-state index contributed by atoms with van der Waals surface area (Å²) in [5.41, 5.74) is -0.0231. The van der Waals surface area contributed by atoms with Crippen LogP contribution in [0.4, 0.5) is 0 Å². The van der Waals surface area contributed by atoms with Crippen LogP contribution < -0.4 is 0 Å². The lowest BCUT2D eigenvalue weighted by molar-refractivity contribution is -0.117. The highest BCUT2D eigenvalue weighted by molar-refractivity contribution is 5.59. The highest BCUT2D eigenvalue weighted by atomic mass is 16.5. The van der Waals surface area contributed by atoms with E-state index in [0.29, 0.717) is 0 Å². The third-order valence-electron chi connectivity index (χ3n) is 6.46. The highest BCUT2D eigenvalue weighted by Gasteiger charge is 2.33. The zero-order valence-electron chi connectivity index (χ0n) is 20.0. The number of carbonyl (C=O) groups excluding carboxylic acids is 1. The van der Waals surface area contributed by atoms with Gasteiger partial charge >= 0.3 is 0 Å². The van der Waals surface area contributed by atoms with Crippen LogP contribution in [0.5, 0.6) is 0 Å². The van der Waals surface area contributed by atoms with Gasteiger partial charge in [-0.05, 0) is 61.8 Å². The molecule has 0 aliphatic heterocycles. The smallest absolute Gasteiger partial charge is 0.154 e. The van der Waals surface area contributed by atoms with Crippen molar-refractivity contribution in [1.29, 1.82) is 0 Å². The number of nitrogens with zero attached hydrogens (tertiary/aromatic N) is 3. The number of carbonyl (C=O) groups is 1. The van der Waals surface area contributed by atoms with Gasteiger partial charge in [-0.3, -0.25) is 0 Å². The molecular weight excluding hydrogens is 376 g/mol. The summed E-state index contributed by atoms with van der Waals surface area (Å²) in [4.78, 5) is 11.7. The van der Waals surface area contributed by atoms with Crippen molar-refractivity contribution in [1.82, 2.24) is 20.6 Å². The molecule has 30 heavy (non-hydrogen) atoms. The van der Waals surface area contributed by atoms with Gasteiger partial charge in [-0.2, -0.15) is 0 Å². The number of hydrogen-bond donors (Lipinski definition) is 1. The second kappa shape index (κ2) is 15.5. The Kier molecular flexibility index (Phi) is 13.8. The van der Waals surface area contributed by atoms with Gasteiger partial charge in [-0.1, -0.05) is 66.2 Å². The van der Waals surface area contributed by atoms with Gasteiger partial charge in [0, 0.05) is 24.0 Å². The van der Waals surface area contributed by atoms with E-state index in [4.69, 9.17) is 4.74 Å². The van der Waals surface area contributed by atoms with E-state index in [1.807, 2.05) is 0 Å². The van der Waals surface area contributed by atoms with Gasteiger partial charge in [0.25, 0.3) is 0 Å². The van der Waals surface area contributed by atoms with Crippen molar-refractivity contribution in [2.45, 2.75) is 123 Å². The van der Waals surface area contributed by atoms with Crippen LogP contribution in [0.1, 0.15) is 123 Å². The minimum Gasteiger partial charge on any atom is -0.381 e. The fraction of sp³-hybridized carbons (Fsp3) is 0.917. The molecule has 0 spiro atoms. The first-order valence-electron chi connectivity index (χ1n) is 12.4. The molecule has 0 unspecified atom stereocenters. The molecule has 0 aliphatic rings. The second-order valence-electron chi connectivity index (χ2n) is 9.04. The number of unbranched alkanes of at least 4 members (excludes halogenated alkanes) is 2. The van der Waals surface area contributed by atoms with Crippen molar-refractivity contribution in [3.05, 3.63) is 5.82 Å². The summed E-state index contributed by atoms with van der Waals surface area (Å²) < 4.78 is 5.89. The molecule has 0 fully saturated rings. The molecule has 0 radical (unpaired) electrons. The van der Waals surface area contributed by atoms with Crippen molar-refractivity contribution in [2.75, 3.05) is 13.2 Å². The van der Waals surface area contributed by atoms with E-state index in [2.05, 4.69) is 48.3 Å². The number of ether oxygens (including phenoxy) is 1. The summed E-state index contributed by atoms with van der Waals surface area (Å²) in [6.07, 6.45) is 16.3. The topological polar surface area (TPSA) is 80.8 Å². The molecule has 0 aromatic carbocycles. The fourth-order valence-corrected chi connectivity index (χ4v) is 5.07. The van der Waals surface area contributed by atoms with Crippen LogP contribution in [-0.2, 0) is 14.9 Å². The van der Waals surface area contributed by atoms with Crippen LogP contribution >= 0.6 is 0 Å². The third-order valence-corrected chi connectivity index (χ3v) is 6.46. The maximum Gasteiger partial charge on any atom is 0.154 e. The highest BCUT2D eigenvalue weighted by Crippen LogP contribution is 2.37. The van der Waals surface area contributed by atoms with Crippen LogP contribution in [0.25, 0.3) is 0 Å². The van der Waals surface area contributed by atoms with E-state index in [9.17, 15) is 4.79 Å². The number of aromatic nitrogens is 4. The number of tetrazole rings is 1. The number of rotatable bonds is 20. The molecule has 1 aromatic rings. The molecule has 0 atom stereocenters. The monoisotopic (exact) mass is 422 g/mol. The van der Waals surface area contributed by atoms with Gasteiger partial charge in [0.15, 0.2) is 5.82 Å². The Morgan fingerprint density at radius 1 is 0.800 bits per heavy atom. The maximum absolute atomic E-state index is 11.7. The zero-order valence-corrected chi connectivity index (χ0v) is 20.0. The Hall–Kier alpha value is -1.30. The van der Waals surface area contributed by atoms with E-state index in [0.717, 1.165) is 109 Å². The molecule has 174 valence electrons. The molecule has 1 rings (SSSR count). The van der Waals surface area contributed by atoms with Crippen LogP contribution in [0.15, 0.2) is 0 Å². The molecule has 6 heteroatoms. The van der Waals surface area contributed by atoms with E-state index in [-0.39, 0.29) is 10.8 Å². The minimum absolute atomic E-state index is 0.0731. The quantitative estimate of drug-likeness (QED) is 0.200. The summed E-state index contributed by atoms with van der Waals surface area (Å²) in [5, 5.41) is 14.9. The lowest BCUT2D eigenvalue weighted by atomic mass is 9.74. The molecule has 0 bridgehead atoms. The van der Waals surface area contributed by atoms with Gasteiger partial charge in [0.1, 0.15) is 6.29 Å². The molecule has 0 amide bonds. The number of nitrogens with one attached hydrogen (secondary N) is 1. The average molecular weight is 423 g/mol. The molecule has 1 aromatic heterocycles. The van der Waals surface area contributed by atoms with Crippen molar-refractivity contribution in [3.63, 3.8) is 0 Å². The van der Waals surface area contributed by atoms with Crippen molar-refractivity contribution >= 4 is 6.29 Å². The number of aromatic amines is 1. The van der Waals surface area contributed by atoms with Gasteiger partial charge < -0.3 is 9.53 Å². The van der Waals surface area contributed by atoms with Crippen LogP contribution in [0.2, 0.25) is 0 Å². The van der Waals surface area contributed by atoms with Gasteiger partial charge in [-0.25, -0.2) is 5.10 Å². The average Bonchev–Trinajstić information content (AvgIpc) is 3.28. The SMILES string of the molecule is CCCC(C=O)(CCC)CCCCOCCCCC(CCC)(CCC)c1nnn[nH]1. The Bertz CT molecular complexity index is 521. The van der Waals surface area contributed by atoms with E-state index >= 15 is 0 Å². The predicted molar refractivity (Wildman–Crippen MR) is 123 cm³/mol. The standard InChI is InChI=1S/C24H46N4O2/c1-5-13-23(21-29,14-6-2)17-9-11-19-30-20-12-10-18-24(15-7-3,16-8-4)22-25-27-28-26-22/h21H,5-20H2,1-4H3,(H,25,26,27,28). The lowest BCUT2D eigenvalue weighted by Crippen LogP contribution is -2.28. The van der Waals surface area contributed by atoms with E-state index in [1.165, 1.54) is 6.29 Å². The van der Waals surface area contributed by atoms with Gasteiger partial charge in [-0.15, -0.1) is 5.10 Å². The van der Waals surface area contributed by atoms with Crippen LogP contribution in [0, 0.1) is 5.41 Å². The zero-order chi connectivity index (χ0) is 22.1. The van der Waals surface area contributed by atoms with E-state index in [1.54, 1.807) is 0 Å². The molecule has 1 heterocycles. The first-order chi connectivity index (χ1) is 14.6. The Balaban J connectivity index is 2.29. The molecule has 0 saturated carbocycles. The number of hydrogen-bond acceptors (Lipinski definition) is 5. The largest absolute Gasteiger partial charge is 0.381 e. The molecule has 0 aliphatic carbocycles. The predicted octanol–water partition coefficient (Wildman–Crippen LogP) is 6.18. The van der Waals surface area contributed by atoms with Gasteiger partial charge in [0.2, 0.25) is 0 Å². The molecule has 0 saturated heterocycles. The summed E-state index contributed by atoms with van der Waals surface area (Å²) in [7, 11) is 0. The van der Waals surface area contributed by atoms with E-state index < -0.39 is 0 Å². The van der Waals surface area contributed by atoms with Crippen molar-refractivity contribution in [2.24, 2.45) is 5.41 Å². The third kappa shape index (κ3) is 8.83. The minimum atomic E-state index is -0.0963. The molecule has 1 N–H and O–H groups in total. The first kappa shape index (κ1) is 26.7. The van der Waals surface area contributed by atoms with Gasteiger partial charge in [0.05, 0.1) is 0 Å². The van der Waals surface area contributed by atoms with Crippen molar-refractivity contribution in [3.8, 4) is 0 Å². The Labute approximate surface area is 184 Å². The van der Waals surface area contributed by atoms with Crippen LogP contribution in [0.3, 0.4) is 0 Å². The molecule has 6 nitrogen and oxygen atoms in total. The van der Waals surface area contributed by atoms with Crippen molar-refractivity contribution < 1.29 is 9.53 Å². The maximum atomic E-state index is 11.7. The second-order valence-corrected chi connectivity index (χ2v) is 9.04. The summed E-state index contributed by atoms with van der Waals surface area (Å²) in [6, 6.07) is 0. The number of aldehydes is 1. The molecular formula is C24H46N4O2. The first-order valence-corrected chi connectivity index (χ1v) is 12.4. The normalized spacial score (nSPS) is 12.4.